The van der Waals surface area contributed by atoms with Crippen LogP contribution >= 0.6 is 15.9 Å². The number of halogens is 1. The molecule has 0 bridgehead atoms. The zero-order chi connectivity index (χ0) is 18.6. The first-order valence-corrected chi connectivity index (χ1v) is 9.43. The van der Waals surface area contributed by atoms with Gasteiger partial charge in [-0.15, -0.1) is 0 Å². The number of piperidine rings is 1. The molecule has 1 fully saturated rings. The average Bonchev–Trinajstić information content (AvgIpc) is 2.55. The average molecular weight is 411 g/mol. The lowest BCUT2D eigenvalue weighted by Crippen LogP contribution is -2.45. The van der Waals surface area contributed by atoms with Gasteiger partial charge in [0, 0.05) is 37.1 Å². The number of carbonyl (C=O) groups is 2. The summed E-state index contributed by atoms with van der Waals surface area (Å²) in [4.78, 5) is 28.3. The molecule has 1 aromatic rings. The molecule has 0 radical (unpaired) electrons. The van der Waals surface area contributed by atoms with Gasteiger partial charge in [0.2, 0.25) is 5.91 Å². The van der Waals surface area contributed by atoms with Crippen LogP contribution in [0.15, 0.2) is 28.7 Å². The predicted octanol–water partition coefficient (Wildman–Crippen LogP) is 4.05. The summed E-state index contributed by atoms with van der Waals surface area (Å²) >= 11 is 3.52. The van der Waals surface area contributed by atoms with Crippen molar-refractivity contribution in [2.45, 2.75) is 45.8 Å². The Kier molecular flexibility index (Phi) is 6.49. The lowest BCUT2D eigenvalue weighted by Gasteiger charge is -2.34. The summed E-state index contributed by atoms with van der Waals surface area (Å²) in [6, 6.07) is 7.92. The number of likely N-dealkylation sites (tertiary alicyclic amines) is 1. The second-order valence-corrected chi connectivity index (χ2v) is 8.38. The van der Waals surface area contributed by atoms with Crippen LogP contribution < -0.4 is 0 Å². The van der Waals surface area contributed by atoms with E-state index < -0.39 is 5.60 Å². The third-order valence-corrected chi connectivity index (χ3v) is 5.01. The van der Waals surface area contributed by atoms with Crippen LogP contribution in [0, 0.1) is 5.92 Å². The second-order valence-electron chi connectivity index (χ2n) is 7.53. The third-order valence-electron chi connectivity index (χ3n) is 4.24. The van der Waals surface area contributed by atoms with Gasteiger partial charge in [-0.05, 0) is 45.2 Å². The number of ether oxygens (including phenoxy) is 1. The van der Waals surface area contributed by atoms with Crippen LogP contribution in [0.25, 0.3) is 0 Å². The molecule has 1 aromatic carbocycles. The first kappa shape index (κ1) is 19.8. The fourth-order valence-electron chi connectivity index (χ4n) is 2.91. The van der Waals surface area contributed by atoms with Gasteiger partial charge in [-0.25, -0.2) is 4.79 Å². The number of carbonyl (C=O) groups excluding carboxylic acids is 2. The van der Waals surface area contributed by atoms with E-state index in [1.165, 1.54) is 0 Å². The molecule has 0 N–H and O–H groups in total. The highest BCUT2D eigenvalue weighted by Crippen LogP contribution is 2.23. The molecular weight excluding hydrogens is 384 g/mol. The number of rotatable bonds is 3. The van der Waals surface area contributed by atoms with Gasteiger partial charge in [-0.2, -0.15) is 0 Å². The van der Waals surface area contributed by atoms with Gasteiger partial charge in [-0.1, -0.05) is 34.1 Å². The van der Waals surface area contributed by atoms with Crippen LogP contribution in [0.1, 0.15) is 39.2 Å². The van der Waals surface area contributed by atoms with E-state index in [4.69, 9.17) is 4.74 Å². The maximum Gasteiger partial charge on any atom is 0.410 e. The van der Waals surface area contributed by atoms with Crippen molar-refractivity contribution in [1.29, 1.82) is 0 Å². The quantitative estimate of drug-likeness (QED) is 0.754. The molecule has 0 unspecified atom stereocenters. The zero-order valence-electron chi connectivity index (χ0n) is 15.4. The van der Waals surface area contributed by atoms with E-state index in [2.05, 4.69) is 15.9 Å². The van der Waals surface area contributed by atoms with E-state index in [1.807, 2.05) is 52.1 Å². The van der Waals surface area contributed by atoms with Gasteiger partial charge in [0.05, 0.1) is 0 Å². The Morgan fingerprint density at radius 1 is 1.24 bits per heavy atom. The first-order valence-electron chi connectivity index (χ1n) is 8.63. The molecule has 0 atom stereocenters. The molecule has 0 aliphatic carbocycles. The summed E-state index contributed by atoms with van der Waals surface area (Å²) in [5, 5.41) is 0. The van der Waals surface area contributed by atoms with Crippen LogP contribution in [0.4, 0.5) is 4.79 Å². The Morgan fingerprint density at radius 2 is 1.84 bits per heavy atom. The predicted molar refractivity (Wildman–Crippen MR) is 101 cm³/mol. The smallest absolute Gasteiger partial charge is 0.410 e. The van der Waals surface area contributed by atoms with E-state index in [1.54, 1.807) is 9.80 Å². The van der Waals surface area contributed by atoms with Gasteiger partial charge in [0.15, 0.2) is 0 Å². The molecule has 5 nitrogen and oxygen atoms in total. The lowest BCUT2D eigenvalue weighted by atomic mass is 9.95. The zero-order valence-corrected chi connectivity index (χ0v) is 17.0. The van der Waals surface area contributed by atoms with E-state index in [-0.39, 0.29) is 17.9 Å². The summed E-state index contributed by atoms with van der Waals surface area (Å²) in [7, 11) is 1.84. The fraction of sp³-hybridized carbons (Fsp3) is 0.579. The molecule has 1 saturated heterocycles. The number of benzene rings is 1. The number of hydrogen-bond donors (Lipinski definition) is 0. The topological polar surface area (TPSA) is 49.9 Å². The highest BCUT2D eigenvalue weighted by molar-refractivity contribution is 9.10. The molecule has 138 valence electrons. The summed E-state index contributed by atoms with van der Waals surface area (Å²) in [5.41, 5.74) is 0.595. The van der Waals surface area contributed by atoms with E-state index in [0.29, 0.717) is 32.5 Å². The third kappa shape index (κ3) is 5.73. The van der Waals surface area contributed by atoms with Gasteiger partial charge in [0.25, 0.3) is 0 Å². The van der Waals surface area contributed by atoms with Crippen molar-refractivity contribution in [2.24, 2.45) is 5.92 Å². The Labute approximate surface area is 158 Å². The standard InChI is InChI=1S/C19H27BrN2O3/c1-19(2,3)25-18(24)22-11-9-14(10-12-22)17(23)21(4)13-15-7-5-6-8-16(15)20/h5-8,14H,9-13H2,1-4H3. The van der Waals surface area contributed by atoms with Crippen LogP contribution in [0.5, 0.6) is 0 Å². The van der Waals surface area contributed by atoms with Crippen molar-refractivity contribution in [3.8, 4) is 0 Å². The van der Waals surface area contributed by atoms with Gasteiger partial charge < -0.3 is 14.5 Å². The maximum atomic E-state index is 12.7. The number of amides is 2. The van der Waals surface area contributed by atoms with Crippen LogP contribution in [0.2, 0.25) is 0 Å². The summed E-state index contributed by atoms with van der Waals surface area (Å²) in [6.07, 6.45) is 1.07. The highest BCUT2D eigenvalue weighted by atomic mass is 79.9. The van der Waals surface area contributed by atoms with E-state index in [0.717, 1.165) is 10.0 Å². The number of hydrogen-bond acceptors (Lipinski definition) is 3. The largest absolute Gasteiger partial charge is 0.444 e. The van der Waals surface area contributed by atoms with Crippen molar-refractivity contribution in [3.05, 3.63) is 34.3 Å². The monoisotopic (exact) mass is 410 g/mol. The molecular formula is C19H27BrN2O3. The lowest BCUT2D eigenvalue weighted by molar-refractivity contribution is -0.136. The second kappa shape index (κ2) is 8.21. The van der Waals surface area contributed by atoms with E-state index >= 15 is 0 Å². The van der Waals surface area contributed by atoms with Gasteiger partial charge in [-0.3, -0.25) is 4.79 Å². The molecule has 0 spiro atoms. The molecule has 0 aromatic heterocycles. The van der Waals surface area contributed by atoms with Crippen molar-refractivity contribution < 1.29 is 14.3 Å². The van der Waals surface area contributed by atoms with Gasteiger partial charge in [0.1, 0.15) is 5.60 Å². The molecule has 2 amide bonds. The SMILES string of the molecule is CN(Cc1ccccc1Br)C(=O)C1CCN(C(=O)OC(C)(C)C)CC1. The Bertz CT molecular complexity index is 619. The molecule has 1 aliphatic heterocycles. The minimum Gasteiger partial charge on any atom is -0.444 e. The van der Waals surface area contributed by atoms with Crippen LogP contribution in [-0.4, -0.2) is 47.5 Å². The van der Waals surface area contributed by atoms with Gasteiger partial charge >= 0.3 is 6.09 Å². The minimum atomic E-state index is -0.493. The van der Waals surface area contributed by atoms with Crippen LogP contribution in [-0.2, 0) is 16.1 Å². The maximum absolute atomic E-state index is 12.7. The Hall–Kier alpha value is -1.56. The van der Waals surface area contributed by atoms with E-state index in [9.17, 15) is 9.59 Å². The first-order chi connectivity index (χ1) is 11.7. The molecule has 2 rings (SSSR count). The van der Waals surface area contributed by atoms with Crippen LogP contribution in [0.3, 0.4) is 0 Å². The Morgan fingerprint density at radius 3 is 2.40 bits per heavy atom. The van der Waals surface area contributed by atoms with Crippen molar-refractivity contribution in [3.63, 3.8) is 0 Å². The highest BCUT2D eigenvalue weighted by Gasteiger charge is 2.31. The Balaban J connectivity index is 1.86. The summed E-state index contributed by atoms with van der Waals surface area (Å²) in [6.45, 7) is 7.28. The van der Waals surface area contributed by atoms with Crippen molar-refractivity contribution in [1.82, 2.24) is 9.80 Å². The fourth-order valence-corrected chi connectivity index (χ4v) is 3.32. The molecule has 0 saturated carbocycles. The molecule has 1 aliphatic rings. The molecule has 1 heterocycles. The summed E-state index contributed by atoms with van der Waals surface area (Å²) in [5.74, 6) is 0.103. The molecule has 25 heavy (non-hydrogen) atoms. The number of nitrogens with zero attached hydrogens (tertiary/aromatic N) is 2. The van der Waals surface area contributed by atoms with Crippen molar-refractivity contribution >= 4 is 27.9 Å². The normalized spacial score (nSPS) is 15.8. The minimum absolute atomic E-state index is 0.0359. The van der Waals surface area contributed by atoms with Crippen molar-refractivity contribution in [2.75, 3.05) is 20.1 Å². The molecule has 6 heteroatoms. The summed E-state index contributed by atoms with van der Waals surface area (Å²) < 4.78 is 6.41.